The van der Waals surface area contributed by atoms with E-state index in [1.165, 1.54) is 18.3 Å². The van der Waals surface area contributed by atoms with Crippen LogP contribution in [0.15, 0.2) is 47.1 Å². The molecule has 0 fully saturated rings. The molecule has 33 heavy (non-hydrogen) atoms. The maximum atomic E-state index is 13.0. The van der Waals surface area contributed by atoms with Crippen molar-refractivity contribution in [3.63, 3.8) is 0 Å². The van der Waals surface area contributed by atoms with Crippen molar-refractivity contribution in [2.45, 2.75) is 38.5 Å². The molecular formula is C22H21Cl2F3N4OS. The number of aryl methyl sites for hydroxylation is 1. The van der Waals surface area contributed by atoms with E-state index in [4.69, 9.17) is 41.2 Å². The smallest absolute Gasteiger partial charge is 0.348 e. The van der Waals surface area contributed by atoms with Crippen molar-refractivity contribution in [1.29, 1.82) is 0 Å². The highest BCUT2D eigenvalue weighted by Crippen LogP contribution is 2.36. The van der Waals surface area contributed by atoms with Crippen LogP contribution in [0.3, 0.4) is 0 Å². The lowest BCUT2D eigenvalue weighted by molar-refractivity contribution is -0.137. The largest absolute Gasteiger partial charge is 0.416 e. The number of rotatable bonds is 7. The van der Waals surface area contributed by atoms with Crippen LogP contribution in [0, 0.1) is 0 Å². The van der Waals surface area contributed by atoms with Crippen molar-refractivity contribution < 1.29 is 18.0 Å². The molecule has 0 bridgehead atoms. The summed E-state index contributed by atoms with van der Waals surface area (Å²) in [5.41, 5.74) is 6.94. The number of nitrogens with two attached hydrogens (primary N) is 1. The first kappa shape index (κ1) is 25.4. The summed E-state index contributed by atoms with van der Waals surface area (Å²) in [6.45, 7) is 2.52. The molecule has 3 rings (SSSR count). The van der Waals surface area contributed by atoms with E-state index in [0.717, 1.165) is 12.1 Å². The van der Waals surface area contributed by atoms with E-state index in [1.807, 2.05) is 6.92 Å². The first-order valence-electron chi connectivity index (χ1n) is 10.1. The van der Waals surface area contributed by atoms with Gasteiger partial charge in [0.05, 0.1) is 28.0 Å². The summed E-state index contributed by atoms with van der Waals surface area (Å²) < 4.78 is 40.6. The highest BCUT2D eigenvalue weighted by molar-refractivity contribution is 7.81. The second-order valence-electron chi connectivity index (χ2n) is 7.45. The molecule has 5 nitrogen and oxygen atoms in total. The molecule has 1 amide bonds. The Hall–Kier alpha value is -2.20. The lowest BCUT2D eigenvalue weighted by atomic mass is 9.94. The maximum Gasteiger partial charge on any atom is 0.416 e. The molecule has 0 aliphatic heterocycles. The van der Waals surface area contributed by atoms with Gasteiger partial charge in [-0.3, -0.25) is 9.48 Å². The second kappa shape index (κ2) is 10.4. The number of hydrogen-bond acceptors (Lipinski definition) is 4. The van der Waals surface area contributed by atoms with Gasteiger partial charge in [0.25, 0.3) is 5.91 Å². The molecule has 1 aromatic carbocycles. The summed E-state index contributed by atoms with van der Waals surface area (Å²) in [6.07, 6.45) is -1.11. The molecular weight excluding hydrogens is 496 g/mol. The molecule has 176 valence electrons. The van der Waals surface area contributed by atoms with E-state index in [0.29, 0.717) is 38.3 Å². The molecule has 1 aromatic heterocycles. The Bertz CT molecular complexity index is 1140. The summed E-state index contributed by atoms with van der Waals surface area (Å²) in [6, 6.07) is 4.33. The Morgan fingerprint density at radius 2 is 2.09 bits per heavy atom. The summed E-state index contributed by atoms with van der Waals surface area (Å²) in [5, 5.41) is 7.69. The van der Waals surface area contributed by atoms with Gasteiger partial charge in [-0.1, -0.05) is 53.6 Å². The van der Waals surface area contributed by atoms with Crippen molar-refractivity contribution in [1.82, 2.24) is 15.1 Å². The fourth-order valence-electron chi connectivity index (χ4n) is 3.54. The maximum absolute atomic E-state index is 13.0. The minimum atomic E-state index is -4.45. The molecule has 3 N–H and O–H groups in total. The minimum absolute atomic E-state index is 0.0299. The van der Waals surface area contributed by atoms with Crippen LogP contribution in [-0.2, 0) is 23.9 Å². The Morgan fingerprint density at radius 3 is 2.73 bits per heavy atom. The summed E-state index contributed by atoms with van der Waals surface area (Å²) in [5.74, 6) is -0.491. The highest BCUT2D eigenvalue weighted by atomic mass is 35.5. The monoisotopic (exact) mass is 516 g/mol. The number of hydrogen-bond donors (Lipinski definition) is 2. The fourth-order valence-corrected chi connectivity index (χ4v) is 4.36. The Labute approximate surface area is 204 Å². The molecule has 0 unspecified atom stereocenters. The molecule has 0 saturated heterocycles. The molecule has 1 atom stereocenters. The van der Waals surface area contributed by atoms with Crippen LogP contribution in [0.5, 0.6) is 0 Å². The predicted molar refractivity (Wildman–Crippen MR) is 127 cm³/mol. The van der Waals surface area contributed by atoms with Crippen molar-refractivity contribution in [2.24, 2.45) is 5.73 Å². The van der Waals surface area contributed by atoms with Gasteiger partial charge < -0.3 is 11.1 Å². The number of nitrogens with zero attached hydrogens (tertiary/aromatic N) is 2. The van der Waals surface area contributed by atoms with Gasteiger partial charge in [0.1, 0.15) is 0 Å². The minimum Gasteiger partial charge on any atom is -0.348 e. The van der Waals surface area contributed by atoms with E-state index in [1.54, 1.807) is 10.7 Å². The summed E-state index contributed by atoms with van der Waals surface area (Å²) >= 11 is 18.2. The number of amides is 1. The molecule has 1 aliphatic carbocycles. The van der Waals surface area contributed by atoms with Crippen molar-refractivity contribution in [3.8, 4) is 0 Å². The van der Waals surface area contributed by atoms with Gasteiger partial charge >= 0.3 is 6.18 Å². The van der Waals surface area contributed by atoms with E-state index in [2.05, 4.69) is 10.4 Å². The number of nitrogens with one attached hydrogen (secondary N) is 1. The summed E-state index contributed by atoms with van der Waals surface area (Å²) in [4.78, 5) is 13.3. The molecule has 11 heteroatoms. The fraction of sp³-hybridized carbons (Fsp3) is 0.318. The summed E-state index contributed by atoms with van der Waals surface area (Å²) in [7, 11) is 0. The molecule has 1 aliphatic rings. The standard InChI is InChI=1S/C22H21Cl2F3N4OS/c1-2-31-20(18(24)11-29-31)15-9-19(33)16(8-17(15)23)21(32)30-14(10-28)7-12-4-3-5-13(6-12)22(25,26)27/h3-6,8,11,14H,2,7,9-10,28H2,1H3,(H,30,32)/t14-/m0/s1. The SMILES string of the molecule is CCn1ncc(Cl)c1C1=C(Cl)C=C(C(=O)N[C@H](CN)Cc2cccc(C(F)(F)F)c2)C(=S)C1. The van der Waals surface area contributed by atoms with E-state index >= 15 is 0 Å². The first-order chi connectivity index (χ1) is 15.5. The lowest BCUT2D eigenvalue weighted by Gasteiger charge is -2.22. The first-order valence-corrected chi connectivity index (χ1v) is 11.2. The van der Waals surface area contributed by atoms with E-state index in [-0.39, 0.29) is 25.0 Å². The molecule has 2 aromatic rings. The third-order valence-electron chi connectivity index (χ3n) is 5.18. The highest BCUT2D eigenvalue weighted by Gasteiger charge is 2.31. The van der Waals surface area contributed by atoms with Crippen molar-refractivity contribution >= 4 is 51.8 Å². The van der Waals surface area contributed by atoms with Gasteiger partial charge in [-0.15, -0.1) is 0 Å². The van der Waals surface area contributed by atoms with Crippen molar-refractivity contribution in [2.75, 3.05) is 6.54 Å². The van der Waals surface area contributed by atoms with Gasteiger partial charge in [-0.2, -0.15) is 18.3 Å². The number of allylic oxidation sites excluding steroid dienone is 3. The zero-order valence-corrected chi connectivity index (χ0v) is 19.9. The number of alkyl halides is 3. The van der Waals surface area contributed by atoms with E-state index < -0.39 is 23.7 Å². The van der Waals surface area contributed by atoms with Crippen LogP contribution in [0.4, 0.5) is 13.2 Å². The second-order valence-corrected chi connectivity index (χ2v) is 8.76. The van der Waals surface area contributed by atoms with Gasteiger partial charge in [-0.25, -0.2) is 0 Å². The van der Waals surface area contributed by atoms with E-state index in [9.17, 15) is 18.0 Å². The number of halogens is 5. The number of aromatic nitrogens is 2. The topological polar surface area (TPSA) is 72.9 Å². The lowest BCUT2D eigenvalue weighted by Crippen LogP contribution is -2.43. The van der Waals surface area contributed by atoms with Gasteiger partial charge in [0.2, 0.25) is 0 Å². The zero-order chi connectivity index (χ0) is 24.3. The number of carbonyl (C=O) groups excluding carboxylic acids is 1. The molecule has 0 radical (unpaired) electrons. The molecule has 1 heterocycles. The number of benzene rings is 1. The average Bonchev–Trinajstić information content (AvgIpc) is 3.14. The number of carbonyl (C=O) groups is 1. The third-order valence-corrected chi connectivity index (χ3v) is 6.16. The Balaban J connectivity index is 1.79. The van der Waals surface area contributed by atoms with Crippen LogP contribution in [-0.4, -0.2) is 33.1 Å². The zero-order valence-electron chi connectivity index (χ0n) is 17.5. The van der Waals surface area contributed by atoms with Crippen LogP contribution < -0.4 is 11.1 Å². The normalized spacial score (nSPS) is 15.5. The molecule has 0 saturated carbocycles. The van der Waals surface area contributed by atoms with Gasteiger partial charge in [0, 0.05) is 41.0 Å². The molecule has 0 spiro atoms. The van der Waals surface area contributed by atoms with Crippen LogP contribution in [0.25, 0.3) is 5.57 Å². The van der Waals surface area contributed by atoms with Crippen LogP contribution >= 0.6 is 35.4 Å². The van der Waals surface area contributed by atoms with Crippen LogP contribution in [0.1, 0.15) is 30.2 Å². The van der Waals surface area contributed by atoms with Crippen molar-refractivity contribution in [3.05, 3.63) is 69.0 Å². The van der Waals surface area contributed by atoms with Gasteiger partial charge in [-0.05, 0) is 31.1 Å². The Morgan fingerprint density at radius 1 is 1.36 bits per heavy atom. The third kappa shape index (κ3) is 5.84. The van der Waals surface area contributed by atoms with Crippen LogP contribution in [0.2, 0.25) is 5.02 Å². The quantitative estimate of drug-likeness (QED) is 0.512. The number of thiocarbonyl (C=S) groups is 1. The predicted octanol–water partition coefficient (Wildman–Crippen LogP) is 4.91. The average molecular weight is 517 g/mol. The van der Waals surface area contributed by atoms with Gasteiger partial charge in [0.15, 0.2) is 0 Å². The Kier molecular flexibility index (Phi) is 8.00.